The molecule has 1 aromatic rings. The number of benzene rings is 1. The summed E-state index contributed by atoms with van der Waals surface area (Å²) in [5.41, 5.74) is 1.33. The van der Waals surface area contributed by atoms with Crippen LogP contribution in [0.2, 0.25) is 5.02 Å². The third-order valence-electron chi connectivity index (χ3n) is 1.83. The molecule has 0 aliphatic carbocycles. The van der Waals surface area contributed by atoms with Crippen LogP contribution in [0.15, 0.2) is 16.6 Å². The van der Waals surface area contributed by atoms with Crippen molar-refractivity contribution >= 4 is 45.1 Å². The Bertz CT molecular complexity index is 448. The monoisotopic (exact) mass is 305 g/mol. The van der Waals surface area contributed by atoms with Crippen molar-refractivity contribution in [3.63, 3.8) is 0 Å². The van der Waals surface area contributed by atoms with E-state index < -0.39 is 18.3 Å². The first-order valence-electron chi connectivity index (χ1n) is 4.37. The van der Waals surface area contributed by atoms with E-state index in [4.69, 9.17) is 16.7 Å². The second-order valence-corrected chi connectivity index (χ2v) is 4.46. The summed E-state index contributed by atoms with van der Waals surface area (Å²) in [6.45, 7) is 1.83. The molecule has 0 aromatic heterocycles. The van der Waals surface area contributed by atoms with Crippen LogP contribution in [0.1, 0.15) is 12.0 Å². The Kier molecular flexibility index (Phi) is 4.32. The van der Waals surface area contributed by atoms with Gasteiger partial charge in [0.25, 0.3) is 0 Å². The third-order valence-corrected chi connectivity index (χ3v) is 2.90. The van der Waals surface area contributed by atoms with Crippen LogP contribution in [0, 0.1) is 6.92 Å². The Morgan fingerprint density at radius 1 is 1.50 bits per heavy atom. The number of anilines is 1. The maximum Gasteiger partial charge on any atom is 0.312 e. The van der Waals surface area contributed by atoms with Crippen LogP contribution in [0.3, 0.4) is 0 Å². The Labute approximate surface area is 106 Å². The number of nitrogens with one attached hydrogen (secondary N) is 1. The van der Waals surface area contributed by atoms with Gasteiger partial charge < -0.3 is 10.4 Å². The summed E-state index contributed by atoms with van der Waals surface area (Å²) in [6, 6.07) is 3.32. The van der Waals surface area contributed by atoms with E-state index in [9.17, 15) is 9.59 Å². The molecule has 0 fully saturated rings. The number of carbonyl (C=O) groups excluding carboxylic acids is 1. The molecule has 6 heteroatoms. The lowest BCUT2D eigenvalue weighted by molar-refractivity contribution is -0.139. The number of carbonyl (C=O) groups is 2. The minimum atomic E-state index is -1.17. The smallest absolute Gasteiger partial charge is 0.312 e. The van der Waals surface area contributed by atoms with Gasteiger partial charge in [0.2, 0.25) is 5.91 Å². The van der Waals surface area contributed by atoms with E-state index in [-0.39, 0.29) is 0 Å². The average Bonchev–Trinajstić information content (AvgIpc) is 2.12. The van der Waals surface area contributed by atoms with Gasteiger partial charge >= 0.3 is 5.97 Å². The molecule has 0 saturated heterocycles. The first-order chi connectivity index (χ1) is 7.40. The average molecular weight is 307 g/mol. The second kappa shape index (κ2) is 5.32. The molecule has 86 valence electrons. The van der Waals surface area contributed by atoms with Gasteiger partial charge in [-0.3, -0.25) is 9.59 Å². The molecule has 0 radical (unpaired) electrons. The molecule has 0 bridgehead atoms. The van der Waals surface area contributed by atoms with Gasteiger partial charge in [-0.25, -0.2) is 0 Å². The highest BCUT2D eigenvalue weighted by Gasteiger charge is 2.10. The van der Waals surface area contributed by atoms with Gasteiger partial charge in [0, 0.05) is 9.50 Å². The summed E-state index contributed by atoms with van der Waals surface area (Å²) in [6.07, 6.45) is -0.571. The van der Waals surface area contributed by atoms with E-state index >= 15 is 0 Å². The quantitative estimate of drug-likeness (QED) is 0.844. The molecular formula is C10H9BrClNO3. The number of carboxylic acids is 1. The molecule has 4 nitrogen and oxygen atoms in total. The van der Waals surface area contributed by atoms with E-state index in [1.165, 1.54) is 0 Å². The summed E-state index contributed by atoms with van der Waals surface area (Å²) < 4.78 is 0.660. The van der Waals surface area contributed by atoms with E-state index in [2.05, 4.69) is 21.2 Å². The van der Waals surface area contributed by atoms with Crippen molar-refractivity contribution in [2.75, 3.05) is 5.32 Å². The highest BCUT2D eigenvalue weighted by atomic mass is 79.9. The van der Waals surface area contributed by atoms with Gasteiger partial charge in [0.1, 0.15) is 6.42 Å². The van der Waals surface area contributed by atoms with E-state index in [0.29, 0.717) is 15.2 Å². The summed E-state index contributed by atoms with van der Waals surface area (Å²) in [5.74, 6) is -1.76. The summed E-state index contributed by atoms with van der Waals surface area (Å²) >= 11 is 9.14. The number of hydrogen-bond donors (Lipinski definition) is 2. The van der Waals surface area contributed by atoms with E-state index in [0.717, 1.165) is 5.56 Å². The Morgan fingerprint density at radius 3 is 2.69 bits per heavy atom. The van der Waals surface area contributed by atoms with Gasteiger partial charge in [-0.05, 0) is 40.5 Å². The lowest BCUT2D eigenvalue weighted by Gasteiger charge is -2.08. The lowest BCUT2D eigenvalue weighted by atomic mass is 10.2. The SMILES string of the molecule is Cc1cc(Br)c(NC(=O)CC(=O)O)cc1Cl. The molecule has 0 saturated carbocycles. The van der Waals surface area contributed by atoms with Crippen LogP contribution < -0.4 is 5.32 Å². The standard InChI is InChI=1S/C10H9BrClNO3/c1-5-2-6(11)8(3-7(5)12)13-9(14)4-10(15)16/h2-3H,4H2,1H3,(H,13,14)(H,15,16). The van der Waals surface area contributed by atoms with Crippen molar-refractivity contribution in [1.29, 1.82) is 0 Å². The van der Waals surface area contributed by atoms with E-state index in [1.807, 2.05) is 6.92 Å². The fraction of sp³-hybridized carbons (Fsp3) is 0.200. The molecule has 1 amide bonds. The molecule has 0 aliphatic heterocycles. The maximum absolute atomic E-state index is 11.2. The van der Waals surface area contributed by atoms with Crippen molar-refractivity contribution in [2.24, 2.45) is 0 Å². The fourth-order valence-corrected chi connectivity index (χ4v) is 1.79. The van der Waals surface area contributed by atoms with Crippen molar-refractivity contribution in [3.8, 4) is 0 Å². The van der Waals surface area contributed by atoms with Crippen LogP contribution in [0.4, 0.5) is 5.69 Å². The molecule has 0 heterocycles. The number of amides is 1. The van der Waals surface area contributed by atoms with Crippen molar-refractivity contribution in [1.82, 2.24) is 0 Å². The number of aliphatic carboxylic acids is 1. The number of halogens is 2. The molecular weight excluding hydrogens is 297 g/mol. The number of aryl methyl sites for hydroxylation is 1. The zero-order valence-electron chi connectivity index (χ0n) is 8.38. The molecule has 0 aliphatic rings. The molecule has 0 atom stereocenters. The van der Waals surface area contributed by atoms with Gasteiger partial charge in [0.05, 0.1) is 5.69 Å². The number of carboxylic acid groups (broad SMARTS) is 1. The Morgan fingerprint density at radius 2 is 2.12 bits per heavy atom. The predicted octanol–water partition coefficient (Wildman–Crippen LogP) is 2.82. The number of rotatable bonds is 3. The summed E-state index contributed by atoms with van der Waals surface area (Å²) in [5, 5.41) is 11.4. The molecule has 2 N–H and O–H groups in total. The maximum atomic E-state index is 11.2. The van der Waals surface area contributed by atoms with Crippen molar-refractivity contribution in [3.05, 3.63) is 27.2 Å². The Balaban J connectivity index is 2.85. The Hall–Kier alpha value is -1.07. The first-order valence-corrected chi connectivity index (χ1v) is 5.54. The highest BCUT2D eigenvalue weighted by molar-refractivity contribution is 9.10. The third kappa shape index (κ3) is 3.50. The summed E-state index contributed by atoms with van der Waals surface area (Å²) in [7, 11) is 0. The van der Waals surface area contributed by atoms with Gasteiger partial charge in [-0.15, -0.1) is 0 Å². The minimum Gasteiger partial charge on any atom is -0.481 e. The largest absolute Gasteiger partial charge is 0.481 e. The van der Waals surface area contributed by atoms with Gasteiger partial charge in [-0.2, -0.15) is 0 Å². The normalized spacial score (nSPS) is 9.94. The second-order valence-electron chi connectivity index (χ2n) is 3.20. The van der Waals surface area contributed by atoms with Crippen LogP contribution in [0.25, 0.3) is 0 Å². The fourth-order valence-electron chi connectivity index (χ4n) is 1.07. The van der Waals surface area contributed by atoms with E-state index in [1.54, 1.807) is 12.1 Å². The number of hydrogen-bond acceptors (Lipinski definition) is 2. The summed E-state index contributed by atoms with van der Waals surface area (Å²) in [4.78, 5) is 21.5. The first kappa shape index (κ1) is 13.0. The van der Waals surface area contributed by atoms with Crippen LogP contribution in [-0.4, -0.2) is 17.0 Å². The van der Waals surface area contributed by atoms with Crippen LogP contribution in [0.5, 0.6) is 0 Å². The van der Waals surface area contributed by atoms with Crippen molar-refractivity contribution in [2.45, 2.75) is 13.3 Å². The van der Waals surface area contributed by atoms with Gasteiger partial charge in [-0.1, -0.05) is 11.6 Å². The lowest BCUT2D eigenvalue weighted by Crippen LogP contribution is -2.16. The zero-order chi connectivity index (χ0) is 12.3. The minimum absolute atomic E-state index is 0.460. The molecule has 1 rings (SSSR count). The molecule has 16 heavy (non-hydrogen) atoms. The molecule has 0 spiro atoms. The topological polar surface area (TPSA) is 66.4 Å². The molecule has 0 unspecified atom stereocenters. The van der Waals surface area contributed by atoms with Crippen LogP contribution >= 0.6 is 27.5 Å². The van der Waals surface area contributed by atoms with Crippen LogP contribution in [-0.2, 0) is 9.59 Å². The zero-order valence-corrected chi connectivity index (χ0v) is 10.7. The highest BCUT2D eigenvalue weighted by Crippen LogP contribution is 2.29. The molecule has 1 aromatic carbocycles. The van der Waals surface area contributed by atoms with Gasteiger partial charge in [0.15, 0.2) is 0 Å². The van der Waals surface area contributed by atoms with Crippen molar-refractivity contribution < 1.29 is 14.7 Å². The predicted molar refractivity (Wildman–Crippen MR) is 64.8 cm³/mol.